The van der Waals surface area contributed by atoms with E-state index in [2.05, 4.69) is 27.1 Å². The van der Waals surface area contributed by atoms with E-state index in [9.17, 15) is 9.90 Å². The molecular formula is C34H43N3O5. The highest BCUT2D eigenvalue weighted by molar-refractivity contribution is 5.90. The molecule has 0 spiro atoms. The second-order valence-electron chi connectivity index (χ2n) is 11.5. The number of benzene rings is 2. The molecule has 1 saturated carbocycles. The average Bonchev–Trinajstić information content (AvgIpc) is 3.48. The normalized spacial score (nSPS) is 18.7. The van der Waals surface area contributed by atoms with Crippen LogP contribution in [0.3, 0.4) is 0 Å². The van der Waals surface area contributed by atoms with Gasteiger partial charge in [-0.05, 0) is 42.2 Å². The van der Waals surface area contributed by atoms with Crippen molar-refractivity contribution in [2.24, 2.45) is 0 Å². The highest BCUT2D eigenvalue weighted by atomic mass is 16.5. The third-order valence-electron chi connectivity index (χ3n) is 8.46. The number of nitrogens with zero attached hydrogens (tertiary/aromatic N) is 3. The summed E-state index contributed by atoms with van der Waals surface area (Å²) in [7, 11) is 1.62. The van der Waals surface area contributed by atoms with E-state index >= 15 is 0 Å². The number of hydrogen-bond acceptors (Lipinski definition) is 8. The Bertz CT molecular complexity index is 1290. The molecule has 3 aromatic rings. The van der Waals surface area contributed by atoms with Gasteiger partial charge in [-0.15, -0.1) is 0 Å². The lowest BCUT2D eigenvalue weighted by Crippen LogP contribution is -2.62. The summed E-state index contributed by atoms with van der Waals surface area (Å²) in [6.45, 7) is 4.55. The summed E-state index contributed by atoms with van der Waals surface area (Å²) in [5.41, 5.74) is 2.46. The molecule has 0 amide bonds. The van der Waals surface area contributed by atoms with Crippen molar-refractivity contribution in [1.29, 1.82) is 0 Å². The third kappa shape index (κ3) is 7.95. The molecule has 1 unspecified atom stereocenters. The summed E-state index contributed by atoms with van der Waals surface area (Å²) in [5, 5.41) is 14.7. The predicted octanol–water partition coefficient (Wildman–Crippen LogP) is 4.86. The fourth-order valence-corrected chi connectivity index (χ4v) is 6.26. The van der Waals surface area contributed by atoms with Gasteiger partial charge in [-0.3, -0.25) is 14.6 Å². The summed E-state index contributed by atoms with van der Waals surface area (Å²) in [4.78, 5) is 18.4. The number of aliphatic hydroxyl groups is 1. The van der Waals surface area contributed by atoms with Gasteiger partial charge in [0.1, 0.15) is 24.2 Å². The number of β-amino-alcohol motifs (C(OH)–C–C–N with tert-alkyl or cyclic N) is 1. The Hall–Kier alpha value is -3.30. The molecule has 2 heterocycles. The molecule has 2 aromatic carbocycles. The van der Waals surface area contributed by atoms with Crippen molar-refractivity contribution in [3.8, 4) is 5.75 Å². The van der Waals surface area contributed by atoms with E-state index in [0.29, 0.717) is 36.9 Å². The number of ether oxygens (including phenoxy) is 2. The first-order chi connectivity index (χ1) is 20.5. The van der Waals surface area contributed by atoms with Gasteiger partial charge >= 0.3 is 0 Å². The highest BCUT2D eigenvalue weighted by Gasteiger charge is 2.44. The van der Waals surface area contributed by atoms with Crippen LogP contribution in [0.15, 0.2) is 65.2 Å². The number of methoxy groups -OCH3 is 1. The van der Waals surface area contributed by atoms with Gasteiger partial charge in [-0.25, -0.2) is 0 Å². The van der Waals surface area contributed by atoms with Crippen molar-refractivity contribution in [3.63, 3.8) is 0 Å². The summed E-state index contributed by atoms with van der Waals surface area (Å²) in [6.07, 6.45) is 9.04. The predicted molar refractivity (Wildman–Crippen MR) is 163 cm³/mol. The molecule has 0 radical (unpaired) electrons. The molecule has 1 aliphatic heterocycles. The molecule has 42 heavy (non-hydrogen) atoms. The molecule has 1 N–H and O–H groups in total. The second kappa shape index (κ2) is 14.7. The first-order valence-corrected chi connectivity index (χ1v) is 15.1. The van der Waals surface area contributed by atoms with Crippen LogP contribution in [-0.4, -0.2) is 83.9 Å². The number of hydrogen-bond donors (Lipinski definition) is 1. The Kier molecular flexibility index (Phi) is 10.6. The molecule has 1 aromatic heterocycles. The Morgan fingerprint density at radius 2 is 1.81 bits per heavy atom. The van der Waals surface area contributed by atoms with E-state index in [1.807, 2.05) is 60.7 Å². The number of piperazine rings is 1. The Labute approximate surface area is 248 Å². The summed E-state index contributed by atoms with van der Waals surface area (Å²) in [6, 6.07) is 19.7. The van der Waals surface area contributed by atoms with Crippen molar-refractivity contribution < 1.29 is 23.9 Å². The molecular weight excluding hydrogens is 530 g/mol. The molecule has 5 rings (SSSR count). The maximum atomic E-state index is 13.7. The molecule has 1 aliphatic carbocycles. The fourth-order valence-electron chi connectivity index (χ4n) is 6.26. The number of aliphatic hydroxyl groups excluding tert-OH is 1. The highest BCUT2D eigenvalue weighted by Crippen LogP contribution is 2.36. The number of aromatic nitrogens is 1. The zero-order valence-corrected chi connectivity index (χ0v) is 24.6. The Morgan fingerprint density at radius 1 is 1.02 bits per heavy atom. The van der Waals surface area contributed by atoms with Crippen LogP contribution in [0.25, 0.3) is 12.2 Å². The van der Waals surface area contributed by atoms with E-state index < -0.39 is 6.10 Å². The average molecular weight is 574 g/mol. The Morgan fingerprint density at radius 3 is 2.57 bits per heavy atom. The SMILES string of the molecule is COCc1cc(/C=C/c2cccc(OCC(O)CN3CCN(C4(C(=O)Cc5ccccc5)CCCCC4)CC3)c2)on1. The molecule has 1 saturated heterocycles. The van der Waals surface area contributed by atoms with Crippen molar-refractivity contribution in [2.75, 3.05) is 46.4 Å². The zero-order chi connectivity index (χ0) is 29.2. The van der Waals surface area contributed by atoms with Crippen LogP contribution in [-0.2, 0) is 22.6 Å². The minimum Gasteiger partial charge on any atom is -0.491 e. The van der Waals surface area contributed by atoms with Gasteiger partial charge in [-0.2, -0.15) is 0 Å². The molecule has 0 bridgehead atoms. The van der Waals surface area contributed by atoms with Crippen LogP contribution < -0.4 is 4.74 Å². The van der Waals surface area contributed by atoms with Crippen molar-refractivity contribution >= 4 is 17.9 Å². The molecule has 2 aliphatic rings. The second-order valence-corrected chi connectivity index (χ2v) is 11.5. The maximum absolute atomic E-state index is 13.7. The van der Waals surface area contributed by atoms with Gasteiger partial charge in [0.2, 0.25) is 0 Å². The minimum absolute atomic E-state index is 0.218. The topological polar surface area (TPSA) is 88.3 Å². The lowest BCUT2D eigenvalue weighted by atomic mass is 9.75. The van der Waals surface area contributed by atoms with Gasteiger partial charge in [-0.1, -0.05) is 73.0 Å². The van der Waals surface area contributed by atoms with Crippen molar-refractivity contribution in [1.82, 2.24) is 15.0 Å². The van der Waals surface area contributed by atoms with Crippen LogP contribution in [0.2, 0.25) is 0 Å². The standard InChI is InChI=1S/C34H43N3O5/c1-40-25-29-23-32(42-35-29)14-13-28-11-8-12-31(21-28)41-26-30(38)24-36-17-19-37(20-18-36)34(15-6-3-7-16-34)33(39)22-27-9-4-2-5-10-27/h2,4-5,8-14,21,23,30,38H,3,6-7,15-20,22,24-26H2,1H3/b14-13+. The Balaban J connectivity index is 1.09. The number of carbonyl (C=O) groups excluding carboxylic acids is 1. The van der Waals surface area contributed by atoms with Crippen LogP contribution in [0, 0.1) is 0 Å². The van der Waals surface area contributed by atoms with E-state index in [-0.39, 0.29) is 12.1 Å². The minimum atomic E-state index is -0.604. The zero-order valence-electron chi connectivity index (χ0n) is 24.6. The van der Waals surface area contributed by atoms with Crippen LogP contribution in [0.1, 0.15) is 54.7 Å². The quantitative estimate of drug-likeness (QED) is 0.310. The van der Waals surface area contributed by atoms with Crippen LogP contribution in [0.5, 0.6) is 5.75 Å². The molecule has 8 heteroatoms. The smallest absolute Gasteiger partial charge is 0.160 e. The number of rotatable bonds is 13. The van der Waals surface area contributed by atoms with Crippen molar-refractivity contribution in [3.05, 3.63) is 83.2 Å². The van der Waals surface area contributed by atoms with E-state index in [1.54, 1.807) is 7.11 Å². The molecule has 8 nitrogen and oxygen atoms in total. The summed E-state index contributed by atoms with van der Waals surface area (Å²) >= 11 is 0. The fraction of sp³-hybridized carbons (Fsp3) is 0.471. The maximum Gasteiger partial charge on any atom is 0.160 e. The van der Waals surface area contributed by atoms with Gasteiger partial charge < -0.3 is 19.1 Å². The lowest BCUT2D eigenvalue weighted by molar-refractivity contribution is -0.135. The van der Waals surface area contributed by atoms with Crippen LogP contribution in [0.4, 0.5) is 0 Å². The first kappa shape index (κ1) is 30.2. The molecule has 1 atom stereocenters. The largest absolute Gasteiger partial charge is 0.491 e. The summed E-state index contributed by atoms with van der Waals surface area (Å²) in [5.74, 6) is 1.72. The van der Waals surface area contributed by atoms with Gasteiger partial charge in [0.15, 0.2) is 11.5 Å². The number of ketones is 1. The van der Waals surface area contributed by atoms with Crippen molar-refractivity contribution in [2.45, 2.75) is 56.8 Å². The summed E-state index contributed by atoms with van der Waals surface area (Å²) < 4.78 is 16.3. The van der Waals surface area contributed by atoms with E-state index in [0.717, 1.165) is 68.7 Å². The van der Waals surface area contributed by atoms with E-state index in [1.165, 1.54) is 6.42 Å². The molecule has 224 valence electrons. The van der Waals surface area contributed by atoms with Crippen LogP contribution >= 0.6 is 0 Å². The van der Waals surface area contributed by atoms with Gasteiger partial charge in [0, 0.05) is 52.3 Å². The van der Waals surface area contributed by atoms with Gasteiger partial charge in [0.05, 0.1) is 12.1 Å². The van der Waals surface area contributed by atoms with Gasteiger partial charge in [0.25, 0.3) is 0 Å². The number of carbonyl (C=O) groups is 1. The number of Topliss-reactive ketones (excluding diaryl/α,β-unsaturated/α-hetero) is 1. The third-order valence-corrected chi connectivity index (χ3v) is 8.46. The monoisotopic (exact) mass is 573 g/mol. The first-order valence-electron chi connectivity index (χ1n) is 15.1. The lowest BCUT2D eigenvalue weighted by Gasteiger charge is -2.49. The van der Waals surface area contributed by atoms with E-state index in [4.69, 9.17) is 14.0 Å². The molecule has 2 fully saturated rings.